The summed E-state index contributed by atoms with van der Waals surface area (Å²) in [4.78, 5) is 19.1. The first-order valence-corrected chi connectivity index (χ1v) is 8.69. The van der Waals surface area contributed by atoms with Crippen LogP contribution in [0.1, 0.15) is 34.7 Å². The summed E-state index contributed by atoms with van der Waals surface area (Å²) in [5.74, 6) is -0.658. The molecule has 4 aromatic rings. The standard InChI is InChI=1S/C21H16F3N3O/c1-12(13-7-3-2-4-8-13)25-20(28)17-11-15-14-9-5-6-10-16(14)26-18(15)19(27-17)21(22,23)24/h2-12,26H,1H3,(H,25,28)/t12-/m1/s1. The van der Waals surface area contributed by atoms with Crippen LogP contribution in [-0.4, -0.2) is 15.9 Å². The number of nitrogens with zero attached hydrogens (tertiary/aromatic N) is 1. The molecule has 0 bridgehead atoms. The van der Waals surface area contributed by atoms with Gasteiger partial charge in [-0.25, -0.2) is 4.98 Å². The molecule has 7 heteroatoms. The van der Waals surface area contributed by atoms with E-state index in [1.807, 2.05) is 30.3 Å². The van der Waals surface area contributed by atoms with Crippen molar-refractivity contribution in [1.82, 2.24) is 15.3 Å². The van der Waals surface area contributed by atoms with Crippen LogP contribution in [0.15, 0.2) is 60.7 Å². The molecule has 2 heterocycles. The zero-order chi connectivity index (χ0) is 19.9. The van der Waals surface area contributed by atoms with Gasteiger partial charge in [-0.05, 0) is 24.6 Å². The summed E-state index contributed by atoms with van der Waals surface area (Å²) >= 11 is 0. The zero-order valence-electron chi connectivity index (χ0n) is 14.8. The highest BCUT2D eigenvalue weighted by molar-refractivity contribution is 6.10. The number of halogens is 3. The van der Waals surface area contributed by atoms with Gasteiger partial charge < -0.3 is 10.3 Å². The Balaban J connectivity index is 1.80. The van der Waals surface area contributed by atoms with Crippen molar-refractivity contribution in [3.05, 3.63) is 77.6 Å². The number of aromatic nitrogens is 2. The van der Waals surface area contributed by atoms with Crippen LogP contribution in [0, 0.1) is 0 Å². The highest BCUT2D eigenvalue weighted by Crippen LogP contribution is 2.36. The van der Waals surface area contributed by atoms with Crippen LogP contribution in [0.4, 0.5) is 13.2 Å². The van der Waals surface area contributed by atoms with Gasteiger partial charge in [-0.2, -0.15) is 13.2 Å². The molecule has 0 aliphatic rings. The lowest BCUT2D eigenvalue weighted by Gasteiger charge is -2.15. The number of benzene rings is 2. The first kappa shape index (κ1) is 18.0. The van der Waals surface area contributed by atoms with E-state index in [-0.39, 0.29) is 17.3 Å². The van der Waals surface area contributed by atoms with Crippen molar-refractivity contribution in [3.8, 4) is 0 Å². The van der Waals surface area contributed by atoms with Gasteiger partial charge in [0.1, 0.15) is 5.69 Å². The Kier molecular flexibility index (Phi) is 4.30. The Morgan fingerprint density at radius 2 is 1.71 bits per heavy atom. The average molecular weight is 383 g/mol. The SMILES string of the molecule is C[C@@H](NC(=O)c1cc2c([nH]c3ccccc32)c(C(F)(F)F)n1)c1ccccc1. The van der Waals surface area contributed by atoms with E-state index in [1.54, 1.807) is 31.2 Å². The number of amides is 1. The number of nitrogens with one attached hydrogen (secondary N) is 2. The number of fused-ring (bicyclic) bond motifs is 3. The van der Waals surface area contributed by atoms with Crippen molar-refractivity contribution < 1.29 is 18.0 Å². The molecule has 0 saturated heterocycles. The molecule has 2 aromatic carbocycles. The van der Waals surface area contributed by atoms with E-state index in [9.17, 15) is 18.0 Å². The number of hydrogen-bond acceptors (Lipinski definition) is 2. The van der Waals surface area contributed by atoms with Crippen LogP contribution >= 0.6 is 0 Å². The van der Waals surface area contributed by atoms with Crippen LogP contribution in [0.2, 0.25) is 0 Å². The van der Waals surface area contributed by atoms with Gasteiger partial charge in [0.05, 0.1) is 11.6 Å². The molecular weight excluding hydrogens is 367 g/mol. The normalized spacial score (nSPS) is 13.0. The molecule has 2 aromatic heterocycles. The van der Waals surface area contributed by atoms with Crippen LogP contribution in [0.3, 0.4) is 0 Å². The second kappa shape index (κ2) is 6.67. The van der Waals surface area contributed by atoms with E-state index in [0.717, 1.165) is 5.56 Å². The highest BCUT2D eigenvalue weighted by atomic mass is 19.4. The summed E-state index contributed by atoms with van der Waals surface area (Å²) in [5.41, 5.74) is -0.0903. The third-order valence-corrected chi connectivity index (χ3v) is 4.64. The predicted octanol–water partition coefficient (Wildman–Crippen LogP) is 5.23. The number of carbonyl (C=O) groups is 1. The molecule has 1 amide bonds. The van der Waals surface area contributed by atoms with Crippen molar-refractivity contribution in [2.24, 2.45) is 0 Å². The molecule has 0 spiro atoms. The van der Waals surface area contributed by atoms with Gasteiger partial charge in [-0.15, -0.1) is 0 Å². The number of aromatic amines is 1. The Morgan fingerprint density at radius 3 is 2.43 bits per heavy atom. The third-order valence-electron chi connectivity index (χ3n) is 4.64. The van der Waals surface area contributed by atoms with E-state index < -0.39 is 17.8 Å². The first-order chi connectivity index (χ1) is 13.3. The van der Waals surface area contributed by atoms with E-state index in [4.69, 9.17) is 0 Å². The molecule has 2 N–H and O–H groups in total. The summed E-state index contributed by atoms with van der Waals surface area (Å²) in [6, 6.07) is 17.1. The van der Waals surface area contributed by atoms with E-state index in [2.05, 4.69) is 15.3 Å². The van der Waals surface area contributed by atoms with Crippen LogP contribution in [0.5, 0.6) is 0 Å². The molecular formula is C21H16F3N3O. The van der Waals surface area contributed by atoms with Gasteiger partial charge in [0, 0.05) is 16.3 Å². The second-order valence-corrected chi connectivity index (χ2v) is 6.55. The number of carbonyl (C=O) groups excluding carboxylic acids is 1. The minimum absolute atomic E-state index is 0.124. The molecule has 4 nitrogen and oxygen atoms in total. The monoisotopic (exact) mass is 383 g/mol. The number of para-hydroxylation sites is 1. The Morgan fingerprint density at radius 1 is 1.04 bits per heavy atom. The van der Waals surface area contributed by atoms with Crippen molar-refractivity contribution in [2.75, 3.05) is 0 Å². The average Bonchev–Trinajstić information content (AvgIpc) is 3.05. The molecule has 0 saturated carbocycles. The van der Waals surface area contributed by atoms with Gasteiger partial charge in [-0.3, -0.25) is 4.79 Å². The number of rotatable bonds is 3. The molecule has 28 heavy (non-hydrogen) atoms. The highest BCUT2D eigenvalue weighted by Gasteiger charge is 2.37. The van der Waals surface area contributed by atoms with Crippen molar-refractivity contribution in [3.63, 3.8) is 0 Å². The minimum Gasteiger partial charge on any atom is -0.353 e. The topological polar surface area (TPSA) is 57.8 Å². The lowest BCUT2D eigenvalue weighted by Crippen LogP contribution is -2.28. The van der Waals surface area contributed by atoms with Crippen LogP contribution < -0.4 is 5.32 Å². The van der Waals surface area contributed by atoms with Crippen LogP contribution in [0.25, 0.3) is 21.8 Å². The first-order valence-electron chi connectivity index (χ1n) is 8.69. The predicted molar refractivity (Wildman–Crippen MR) is 101 cm³/mol. The maximum absolute atomic E-state index is 13.6. The summed E-state index contributed by atoms with van der Waals surface area (Å²) in [6.45, 7) is 1.77. The number of alkyl halides is 3. The lowest BCUT2D eigenvalue weighted by atomic mass is 10.1. The number of pyridine rings is 1. The largest absolute Gasteiger partial charge is 0.435 e. The summed E-state index contributed by atoms with van der Waals surface area (Å²) < 4.78 is 40.8. The molecule has 0 aliphatic carbocycles. The zero-order valence-corrected chi connectivity index (χ0v) is 14.8. The molecule has 0 radical (unpaired) electrons. The van der Waals surface area contributed by atoms with Gasteiger partial charge in [0.15, 0.2) is 5.69 Å². The summed E-state index contributed by atoms with van der Waals surface area (Å²) in [5, 5.41) is 3.64. The van der Waals surface area contributed by atoms with Crippen molar-refractivity contribution in [2.45, 2.75) is 19.1 Å². The third kappa shape index (κ3) is 3.19. The van der Waals surface area contributed by atoms with Gasteiger partial charge in [0.2, 0.25) is 0 Å². The maximum Gasteiger partial charge on any atom is 0.435 e. The molecule has 4 rings (SSSR count). The van der Waals surface area contributed by atoms with Gasteiger partial charge in [-0.1, -0.05) is 48.5 Å². The van der Waals surface area contributed by atoms with Crippen molar-refractivity contribution >= 4 is 27.7 Å². The van der Waals surface area contributed by atoms with Gasteiger partial charge >= 0.3 is 6.18 Å². The molecule has 0 aliphatic heterocycles. The quantitative estimate of drug-likeness (QED) is 0.509. The fourth-order valence-electron chi connectivity index (χ4n) is 3.26. The van der Waals surface area contributed by atoms with Gasteiger partial charge in [0.25, 0.3) is 5.91 Å². The summed E-state index contributed by atoms with van der Waals surface area (Å²) in [6.07, 6.45) is -4.69. The number of H-pyrrole nitrogens is 1. The minimum atomic E-state index is -4.69. The van der Waals surface area contributed by atoms with E-state index in [1.165, 1.54) is 6.07 Å². The Hall–Kier alpha value is -3.35. The van der Waals surface area contributed by atoms with E-state index in [0.29, 0.717) is 16.3 Å². The molecule has 0 fully saturated rings. The van der Waals surface area contributed by atoms with Crippen molar-refractivity contribution in [1.29, 1.82) is 0 Å². The Bertz CT molecular complexity index is 1170. The molecule has 142 valence electrons. The van der Waals surface area contributed by atoms with Crippen LogP contribution in [-0.2, 0) is 6.18 Å². The smallest absolute Gasteiger partial charge is 0.353 e. The fraction of sp³-hybridized carbons (Fsp3) is 0.143. The lowest BCUT2D eigenvalue weighted by molar-refractivity contribution is -0.139. The van der Waals surface area contributed by atoms with E-state index >= 15 is 0 Å². The Labute approximate surface area is 158 Å². The summed E-state index contributed by atoms with van der Waals surface area (Å²) in [7, 11) is 0. The second-order valence-electron chi connectivity index (χ2n) is 6.55. The fourth-order valence-corrected chi connectivity index (χ4v) is 3.26. The number of hydrogen-bond donors (Lipinski definition) is 2. The maximum atomic E-state index is 13.6. The molecule has 0 unspecified atom stereocenters. The molecule has 1 atom stereocenters.